The topological polar surface area (TPSA) is 64.9 Å². The van der Waals surface area contributed by atoms with E-state index in [0.29, 0.717) is 17.4 Å². The number of nitriles is 1. The van der Waals surface area contributed by atoms with Crippen LogP contribution in [0.4, 0.5) is 0 Å². The van der Waals surface area contributed by atoms with Crippen LogP contribution in [0.15, 0.2) is 18.2 Å². The number of nitrogens with zero attached hydrogens (tertiary/aromatic N) is 3. The average Bonchev–Trinajstić information content (AvgIpc) is 3.27. The highest BCUT2D eigenvalue weighted by Gasteiger charge is 2.29. The van der Waals surface area contributed by atoms with Gasteiger partial charge in [0.2, 0.25) is 0 Å². The Kier molecular flexibility index (Phi) is 4.46. The van der Waals surface area contributed by atoms with Gasteiger partial charge in [0.1, 0.15) is 17.6 Å². The Morgan fingerprint density at radius 2 is 2.20 bits per heavy atom. The number of nitrogens with one attached hydrogen (secondary N) is 1. The summed E-state index contributed by atoms with van der Waals surface area (Å²) in [5, 5.41) is 9.30. The van der Waals surface area contributed by atoms with Crippen molar-refractivity contribution in [2.45, 2.75) is 51.1 Å². The fourth-order valence-electron chi connectivity index (χ4n) is 4.13. The molecule has 1 aliphatic carbocycles. The molecule has 4 rings (SSSR count). The molecule has 5 nitrogen and oxygen atoms in total. The lowest BCUT2D eigenvalue weighted by atomic mass is 10.0. The molecule has 0 bridgehead atoms. The fourth-order valence-corrected chi connectivity index (χ4v) is 4.13. The van der Waals surface area contributed by atoms with Gasteiger partial charge in [-0.25, -0.2) is 4.98 Å². The van der Waals surface area contributed by atoms with Crippen molar-refractivity contribution in [3.63, 3.8) is 0 Å². The predicted molar refractivity (Wildman–Crippen MR) is 95.3 cm³/mol. The highest BCUT2D eigenvalue weighted by molar-refractivity contribution is 5.45. The predicted octanol–water partition coefficient (Wildman–Crippen LogP) is 3.51. The molecule has 1 aromatic carbocycles. The Bertz CT molecular complexity index is 781. The van der Waals surface area contributed by atoms with Crippen molar-refractivity contribution in [1.29, 1.82) is 5.26 Å². The summed E-state index contributed by atoms with van der Waals surface area (Å²) in [6.45, 7) is 1.92. The van der Waals surface area contributed by atoms with Crippen molar-refractivity contribution < 1.29 is 4.74 Å². The summed E-state index contributed by atoms with van der Waals surface area (Å²) in [5.74, 6) is 1.78. The van der Waals surface area contributed by atoms with E-state index in [1.807, 2.05) is 12.1 Å². The summed E-state index contributed by atoms with van der Waals surface area (Å²) in [6.07, 6.45) is 7.12. The van der Waals surface area contributed by atoms with E-state index >= 15 is 0 Å². The molecule has 0 radical (unpaired) electrons. The molecule has 2 heterocycles. The first-order valence-electron chi connectivity index (χ1n) is 9.17. The van der Waals surface area contributed by atoms with Crippen LogP contribution in [0.25, 0.3) is 0 Å². The quantitative estimate of drug-likeness (QED) is 0.928. The van der Waals surface area contributed by atoms with E-state index in [-0.39, 0.29) is 0 Å². The molecule has 1 saturated heterocycles. The van der Waals surface area contributed by atoms with Gasteiger partial charge in [0, 0.05) is 12.2 Å². The van der Waals surface area contributed by atoms with Gasteiger partial charge in [-0.05, 0) is 62.8 Å². The number of likely N-dealkylation sites (tertiary alicyclic amines) is 1. The highest BCUT2D eigenvalue weighted by atomic mass is 16.5. The number of rotatable bonds is 4. The molecule has 0 amide bonds. The standard InChI is InChI=1S/C20H24N4O/c1-25-19-9-8-14(11-15(19)12-21)13-24-10-4-7-18(24)20-22-16-5-2-3-6-17(16)23-20/h8-9,11,18H,2-7,10,13H2,1H3,(H,22,23). The number of methoxy groups -OCH3 is 1. The third-order valence-corrected chi connectivity index (χ3v) is 5.42. The molecule has 25 heavy (non-hydrogen) atoms. The SMILES string of the molecule is COc1ccc(CN2CCCC2c2nc3c([nH]2)CCCC3)cc1C#N. The van der Waals surface area contributed by atoms with Crippen LogP contribution in [0.2, 0.25) is 0 Å². The maximum absolute atomic E-state index is 9.30. The fraction of sp³-hybridized carbons (Fsp3) is 0.500. The zero-order chi connectivity index (χ0) is 17.2. The summed E-state index contributed by atoms with van der Waals surface area (Å²) in [4.78, 5) is 11.0. The van der Waals surface area contributed by atoms with Gasteiger partial charge in [-0.1, -0.05) is 6.07 Å². The Morgan fingerprint density at radius 3 is 3.00 bits per heavy atom. The molecule has 1 fully saturated rings. The number of aryl methyl sites for hydroxylation is 2. The summed E-state index contributed by atoms with van der Waals surface area (Å²) >= 11 is 0. The van der Waals surface area contributed by atoms with E-state index in [4.69, 9.17) is 9.72 Å². The molecule has 0 saturated carbocycles. The number of imidazole rings is 1. The van der Waals surface area contributed by atoms with Crippen LogP contribution in [0.1, 0.15) is 60.1 Å². The monoisotopic (exact) mass is 336 g/mol. The summed E-state index contributed by atoms with van der Waals surface area (Å²) in [7, 11) is 1.60. The number of aromatic amines is 1. The van der Waals surface area contributed by atoms with Crippen LogP contribution in [-0.4, -0.2) is 28.5 Å². The van der Waals surface area contributed by atoms with Crippen LogP contribution in [0.5, 0.6) is 5.75 Å². The lowest BCUT2D eigenvalue weighted by molar-refractivity contribution is 0.240. The molecule has 1 aliphatic heterocycles. The second-order valence-corrected chi connectivity index (χ2v) is 7.03. The molecule has 5 heteroatoms. The maximum Gasteiger partial charge on any atom is 0.136 e. The lowest BCUT2D eigenvalue weighted by Crippen LogP contribution is -2.23. The Morgan fingerprint density at radius 1 is 1.32 bits per heavy atom. The van der Waals surface area contributed by atoms with Crippen molar-refractivity contribution in [2.24, 2.45) is 0 Å². The summed E-state index contributed by atoms with van der Waals surface area (Å²) in [6, 6.07) is 8.48. The largest absolute Gasteiger partial charge is 0.495 e. The highest BCUT2D eigenvalue weighted by Crippen LogP contribution is 2.33. The summed E-state index contributed by atoms with van der Waals surface area (Å²) < 4.78 is 5.25. The molecule has 1 N–H and O–H groups in total. The molecular formula is C20H24N4O. The third-order valence-electron chi connectivity index (χ3n) is 5.42. The van der Waals surface area contributed by atoms with Crippen LogP contribution in [-0.2, 0) is 19.4 Å². The lowest BCUT2D eigenvalue weighted by Gasteiger charge is -2.23. The van der Waals surface area contributed by atoms with Gasteiger partial charge in [0.25, 0.3) is 0 Å². The number of hydrogen-bond acceptors (Lipinski definition) is 4. The zero-order valence-corrected chi connectivity index (χ0v) is 14.7. The number of fused-ring (bicyclic) bond motifs is 1. The minimum Gasteiger partial charge on any atom is -0.495 e. The summed E-state index contributed by atoms with van der Waals surface area (Å²) in [5.41, 5.74) is 4.39. The normalized spacial score (nSPS) is 20.2. The van der Waals surface area contributed by atoms with Gasteiger partial charge in [-0.15, -0.1) is 0 Å². The maximum atomic E-state index is 9.30. The van der Waals surface area contributed by atoms with Crippen molar-refractivity contribution in [1.82, 2.24) is 14.9 Å². The Balaban J connectivity index is 1.54. The van der Waals surface area contributed by atoms with Gasteiger partial charge in [0.15, 0.2) is 0 Å². The average molecular weight is 336 g/mol. The Hall–Kier alpha value is -2.32. The van der Waals surface area contributed by atoms with Gasteiger partial charge < -0.3 is 9.72 Å². The number of benzene rings is 1. The van der Waals surface area contributed by atoms with Crippen LogP contribution in [0, 0.1) is 11.3 Å². The molecule has 0 spiro atoms. The zero-order valence-electron chi connectivity index (χ0n) is 14.7. The van der Waals surface area contributed by atoms with E-state index in [9.17, 15) is 5.26 Å². The first kappa shape index (κ1) is 16.2. The first-order valence-corrected chi connectivity index (χ1v) is 9.17. The second-order valence-electron chi connectivity index (χ2n) is 7.03. The van der Waals surface area contributed by atoms with E-state index in [1.165, 1.54) is 30.7 Å². The van der Waals surface area contributed by atoms with Gasteiger partial charge in [-0.3, -0.25) is 4.90 Å². The van der Waals surface area contributed by atoms with E-state index in [1.54, 1.807) is 7.11 Å². The molecule has 1 unspecified atom stereocenters. The minimum absolute atomic E-state index is 0.359. The van der Waals surface area contributed by atoms with Crippen molar-refractivity contribution >= 4 is 0 Å². The smallest absolute Gasteiger partial charge is 0.136 e. The molecule has 2 aliphatic rings. The van der Waals surface area contributed by atoms with Gasteiger partial charge in [-0.2, -0.15) is 5.26 Å². The van der Waals surface area contributed by atoms with Crippen LogP contribution < -0.4 is 4.74 Å². The van der Waals surface area contributed by atoms with Crippen LogP contribution in [0.3, 0.4) is 0 Å². The second kappa shape index (κ2) is 6.89. The molecular weight excluding hydrogens is 312 g/mol. The van der Waals surface area contributed by atoms with Crippen molar-refractivity contribution in [3.8, 4) is 11.8 Å². The number of hydrogen-bond donors (Lipinski definition) is 1. The number of aromatic nitrogens is 2. The molecule has 1 atom stereocenters. The van der Waals surface area contributed by atoms with E-state index in [0.717, 1.165) is 43.7 Å². The van der Waals surface area contributed by atoms with Crippen LogP contribution >= 0.6 is 0 Å². The van der Waals surface area contributed by atoms with E-state index in [2.05, 4.69) is 22.0 Å². The minimum atomic E-state index is 0.359. The van der Waals surface area contributed by atoms with E-state index < -0.39 is 0 Å². The first-order chi connectivity index (χ1) is 12.3. The Labute approximate surface area is 148 Å². The molecule has 130 valence electrons. The third kappa shape index (κ3) is 3.14. The van der Waals surface area contributed by atoms with Gasteiger partial charge >= 0.3 is 0 Å². The number of ether oxygens (including phenoxy) is 1. The van der Waals surface area contributed by atoms with Gasteiger partial charge in [0.05, 0.1) is 24.4 Å². The molecule has 1 aromatic heterocycles. The number of H-pyrrole nitrogens is 1. The van der Waals surface area contributed by atoms with Crippen molar-refractivity contribution in [3.05, 3.63) is 46.5 Å². The molecule has 2 aromatic rings. The van der Waals surface area contributed by atoms with Crippen molar-refractivity contribution in [2.75, 3.05) is 13.7 Å².